The number of carbonyl (C=O) groups excluding carboxylic acids is 2. The molecular formula is C15H13IN2O3S. The van der Waals surface area contributed by atoms with Gasteiger partial charge in [-0.15, -0.1) is 11.3 Å². The molecule has 0 saturated heterocycles. The number of amides is 2. The van der Waals surface area contributed by atoms with Crippen molar-refractivity contribution in [3.63, 3.8) is 0 Å². The average molecular weight is 428 g/mol. The van der Waals surface area contributed by atoms with Gasteiger partial charge in [-0.2, -0.15) is 0 Å². The van der Waals surface area contributed by atoms with E-state index in [1.165, 1.54) is 17.4 Å². The summed E-state index contributed by atoms with van der Waals surface area (Å²) in [4.78, 5) is 24.5. The highest BCUT2D eigenvalue weighted by atomic mass is 127. The summed E-state index contributed by atoms with van der Waals surface area (Å²) in [6.45, 7) is 0. The zero-order valence-electron chi connectivity index (χ0n) is 11.6. The summed E-state index contributed by atoms with van der Waals surface area (Å²) in [5.41, 5.74) is 5.14. The van der Waals surface area contributed by atoms with Crippen LogP contribution in [0, 0.1) is 3.57 Å². The molecule has 0 bridgehead atoms. The van der Waals surface area contributed by atoms with Crippen molar-refractivity contribution < 1.29 is 14.3 Å². The third-order valence-electron chi connectivity index (χ3n) is 2.66. The molecule has 0 saturated carbocycles. The van der Waals surface area contributed by atoms with E-state index in [0.717, 1.165) is 8.45 Å². The van der Waals surface area contributed by atoms with Crippen LogP contribution in [-0.2, 0) is 4.79 Å². The molecule has 2 N–H and O–H groups in total. The summed E-state index contributed by atoms with van der Waals surface area (Å²) in [6, 6.07) is 8.81. The topological polar surface area (TPSA) is 67.4 Å². The van der Waals surface area contributed by atoms with E-state index >= 15 is 0 Å². The number of ether oxygens (including phenoxy) is 1. The second-order valence-corrected chi connectivity index (χ2v) is 6.28. The first kappa shape index (κ1) is 16.5. The molecule has 0 radical (unpaired) electrons. The van der Waals surface area contributed by atoms with Crippen LogP contribution in [0.15, 0.2) is 41.8 Å². The maximum Gasteiger partial charge on any atom is 0.269 e. The second-order valence-electron chi connectivity index (χ2n) is 4.14. The molecule has 114 valence electrons. The Hall–Kier alpha value is -1.87. The Morgan fingerprint density at radius 2 is 2.09 bits per heavy atom. The van der Waals surface area contributed by atoms with E-state index in [4.69, 9.17) is 4.74 Å². The summed E-state index contributed by atoms with van der Waals surface area (Å²) in [5, 5.41) is 1.92. The van der Waals surface area contributed by atoms with Gasteiger partial charge in [-0.25, -0.2) is 0 Å². The van der Waals surface area contributed by atoms with Gasteiger partial charge in [-0.3, -0.25) is 20.4 Å². The van der Waals surface area contributed by atoms with Crippen molar-refractivity contribution in [3.05, 3.63) is 55.8 Å². The number of hydrogen-bond donors (Lipinski definition) is 2. The van der Waals surface area contributed by atoms with E-state index in [2.05, 4.69) is 33.4 Å². The quantitative estimate of drug-likeness (QED) is 0.447. The first-order valence-electron chi connectivity index (χ1n) is 6.25. The Kier molecular flexibility index (Phi) is 5.96. The number of hydrogen-bond acceptors (Lipinski definition) is 4. The van der Waals surface area contributed by atoms with Crippen LogP contribution in [0.25, 0.3) is 6.08 Å². The monoisotopic (exact) mass is 428 g/mol. The summed E-state index contributed by atoms with van der Waals surface area (Å²) < 4.78 is 5.94. The summed E-state index contributed by atoms with van der Waals surface area (Å²) >= 11 is 3.60. The maximum atomic E-state index is 11.9. The van der Waals surface area contributed by atoms with Crippen LogP contribution >= 0.6 is 33.9 Å². The lowest BCUT2D eigenvalue weighted by Crippen LogP contribution is -2.40. The number of halogens is 1. The van der Waals surface area contributed by atoms with Crippen LogP contribution < -0.4 is 15.6 Å². The molecule has 0 unspecified atom stereocenters. The first-order valence-corrected chi connectivity index (χ1v) is 8.21. The standard InChI is InChI=1S/C15H13IN2O3S/c1-21-13-6-4-10(9-12(13)16)15(20)18-17-14(19)7-5-11-3-2-8-22-11/h2-9H,1H3,(H,17,19)(H,18,20)/b7-5+. The minimum atomic E-state index is -0.398. The maximum absolute atomic E-state index is 11.9. The van der Waals surface area contributed by atoms with Crippen LogP contribution in [0.2, 0.25) is 0 Å². The normalized spacial score (nSPS) is 10.5. The predicted octanol–water partition coefficient (Wildman–Crippen LogP) is 2.84. The number of benzene rings is 1. The number of hydrazine groups is 1. The Morgan fingerprint density at radius 3 is 2.73 bits per heavy atom. The second kappa shape index (κ2) is 7.95. The molecule has 22 heavy (non-hydrogen) atoms. The zero-order valence-corrected chi connectivity index (χ0v) is 14.6. The molecule has 7 heteroatoms. The zero-order chi connectivity index (χ0) is 15.9. The van der Waals surface area contributed by atoms with Crippen molar-refractivity contribution >= 4 is 51.8 Å². The average Bonchev–Trinajstić information content (AvgIpc) is 3.03. The fourth-order valence-corrected chi connectivity index (χ4v) is 2.94. The van der Waals surface area contributed by atoms with Crippen LogP contribution in [0.5, 0.6) is 5.75 Å². The van der Waals surface area contributed by atoms with Crippen molar-refractivity contribution in [2.45, 2.75) is 0 Å². The Bertz CT molecular complexity index is 699. The molecule has 0 fully saturated rings. The molecule has 2 rings (SSSR count). The summed E-state index contributed by atoms with van der Waals surface area (Å²) in [7, 11) is 1.57. The lowest BCUT2D eigenvalue weighted by Gasteiger charge is -2.07. The molecule has 0 atom stereocenters. The minimum Gasteiger partial charge on any atom is -0.496 e. The van der Waals surface area contributed by atoms with Gasteiger partial charge in [0.25, 0.3) is 11.8 Å². The van der Waals surface area contributed by atoms with Crippen molar-refractivity contribution in [1.82, 2.24) is 10.9 Å². The summed E-state index contributed by atoms with van der Waals surface area (Å²) in [6.07, 6.45) is 3.05. The highest BCUT2D eigenvalue weighted by molar-refractivity contribution is 14.1. The minimum absolute atomic E-state index is 0.390. The van der Waals surface area contributed by atoms with E-state index in [-0.39, 0.29) is 0 Å². The van der Waals surface area contributed by atoms with Gasteiger partial charge in [-0.1, -0.05) is 6.07 Å². The Labute approximate surface area is 145 Å². The molecule has 1 aromatic heterocycles. The Balaban J connectivity index is 1.89. The highest BCUT2D eigenvalue weighted by Crippen LogP contribution is 2.21. The van der Waals surface area contributed by atoms with Gasteiger partial charge in [0.05, 0.1) is 10.7 Å². The molecule has 2 amide bonds. The Morgan fingerprint density at radius 1 is 1.27 bits per heavy atom. The largest absolute Gasteiger partial charge is 0.496 e. The fraction of sp³-hybridized carbons (Fsp3) is 0.0667. The smallest absolute Gasteiger partial charge is 0.269 e. The van der Waals surface area contributed by atoms with E-state index in [9.17, 15) is 9.59 Å². The van der Waals surface area contributed by atoms with Crippen LogP contribution in [0.4, 0.5) is 0 Å². The molecule has 0 aliphatic carbocycles. The molecule has 5 nitrogen and oxygen atoms in total. The molecule has 0 aliphatic heterocycles. The van der Waals surface area contributed by atoms with Crippen molar-refractivity contribution in [2.24, 2.45) is 0 Å². The van der Waals surface area contributed by atoms with Gasteiger partial charge in [0, 0.05) is 16.5 Å². The van der Waals surface area contributed by atoms with E-state index in [0.29, 0.717) is 11.3 Å². The summed E-state index contributed by atoms with van der Waals surface area (Å²) in [5.74, 6) is -0.0940. The number of carbonyl (C=O) groups is 2. The van der Waals surface area contributed by atoms with Gasteiger partial charge >= 0.3 is 0 Å². The van der Waals surface area contributed by atoms with Crippen LogP contribution in [-0.4, -0.2) is 18.9 Å². The number of rotatable bonds is 4. The molecule has 1 heterocycles. The molecule has 2 aromatic rings. The van der Waals surface area contributed by atoms with Crippen molar-refractivity contribution in [2.75, 3.05) is 7.11 Å². The fourth-order valence-electron chi connectivity index (χ4n) is 1.58. The SMILES string of the molecule is COc1ccc(C(=O)NNC(=O)/C=C/c2cccs2)cc1I. The highest BCUT2D eigenvalue weighted by Gasteiger charge is 2.09. The van der Waals surface area contributed by atoms with E-state index < -0.39 is 11.8 Å². The lowest BCUT2D eigenvalue weighted by molar-refractivity contribution is -0.117. The first-order chi connectivity index (χ1) is 10.6. The number of thiophene rings is 1. The van der Waals surface area contributed by atoms with Gasteiger partial charge < -0.3 is 4.74 Å². The van der Waals surface area contributed by atoms with Gasteiger partial charge in [-0.05, 0) is 58.3 Å². The molecular weight excluding hydrogens is 415 g/mol. The third-order valence-corrected chi connectivity index (χ3v) is 4.34. The number of methoxy groups -OCH3 is 1. The van der Waals surface area contributed by atoms with E-state index in [1.54, 1.807) is 31.4 Å². The van der Waals surface area contributed by atoms with Gasteiger partial charge in [0.15, 0.2) is 0 Å². The lowest BCUT2D eigenvalue weighted by atomic mass is 10.2. The molecule has 0 aliphatic rings. The van der Waals surface area contributed by atoms with E-state index in [1.807, 2.05) is 17.5 Å². The predicted molar refractivity (Wildman–Crippen MR) is 94.7 cm³/mol. The number of nitrogens with one attached hydrogen (secondary N) is 2. The van der Waals surface area contributed by atoms with Crippen molar-refractivity contribution in [1.29, 1.82) is 0 Å². The molecule has 0 spiro atoms. The van der Waals surface area contributed by atoms with Gasteiger partial charge in [0.2, 0.25) is 0 Å². The third kappa shape index (κ3) is 4.57. The molecule has 1 aromatic carbocycles. The van der Waals surface area contributed by atoms with Crippen LogP contribution in [0.1, 0.15) is 15.2 Å². The van der Waals surface area contributed by atoms with Crippen molar-refractivity contribution in [3.8, 4) is 5.75 Å². The van der Waals surface area contributed by atoms with Gasteiger partial charge in [0.1, 0.15) is 5.75 Å². The van der Waals surface area contributed by atoms with Crippen LogP contribution in [0.3, 0.4) is 0 Å².